The van der Waals surface area contributed by atoms with Crippen LogP contribution in [0.5, 0.6) is 0 Å². The van der Waals surface area contributed by atoms with E-state index >= 15 is 4.39 Å². The average molecular weight is 604 g/mol. The van der Waals surface area contributed by atoms with Crippen molar-refractivity contribution in [2.75, 3.05) is 5.32 Å². The molecule has 2 aromatic carbocycles. The predicted octanol–water partition coefficient (Wildman–Crippen LogP) is -3.92. The number of hydrogen-bond acceptors (Lipinski definition) is 14. The molecular formula is C25H26BFN4O12. The summed E-state index contributed by atoms with van der Waals surface area (Å²) in [5, 5.41) is 86.2. The molecule has 2 atom stereocenters. The number of aliphatic hydroxyl groups is 8. The van der Waals surface area contributed by atoms with Crippen molar-refractivity contribution >= 4 is 31.3 Å². The first-order chi connectivity index (χ1) is 19.8. The molecule has 3 aliphatic rings. The van der Waals surface area contributed by atoms with Crippen LogP contribution in [0, 0.1) is 5.82 Å². The molecule has 16 nitrogen and oxygen atoms in total. The Bertz CT molecular complexity index is 1490. The number of nitrogens with zero attached hydrogens (tertiary/aromatic N) is 2. The predicted molar refractivity (Wildman–Crippen MR) is 136 cm³/mol. The number of amides is 3. The van der Waals surface area contributed by atoms with Crippen LogP contribution >= 0.6 is 0 Å². The summed E-state index contributed by atoms with van der Waals surface area (Å²) in [6.45, 7) is -1.36. The van der Waals surface area contributed by atoms with Gasteiger partial charge in [0.05, 0.1) is 6.54 Å². The molecule has 0 saturated carbocycles. The molecule has 43 heavy (non-hydrogen) atoms. The maximum atomic E-state index is 15.1. The van der Waals surface area contributed by atoms with Crippen molar-refractivity contribution in [3.05, 3.63) is 64.5 Å². The lowest BCUT2D eigenvalue weighted by Gasteiger charge is -2.57. The SMILES string of the molecule is [B]C1(O)OC(O)(O)C(O)(O)N(Cc2ccc(CNc3cccc4c3CN(C3(O)CCC(=O)NC3=O)C4=O)c(F)c2)C1(O)O. The molecule has 10 N–H and O–H groups in total. The van der Waals surface area contributed by atoms with E-state index in [1.54, 1.807) is 6.07 Å². The lowest BCUT2D eigenvalue weighted by molar-refractivity contribution is -0.612. The maximum absolute atomic E-state index is 15.1. The van der Waals surface area contributed by atoms with Crippen molar-refractivity contribution in [2.24, 2.45) is 0 Å². The van der Waals surface area contributed by atoms with E-state index in [1.807, 2.05) is 5.32 Å². The number of hydrogen-bond donors (Lipinski definition) is 10. The van der Waals surface area contributed by atoms with E-state index in [1.165, 1.54) is 24.3 Å². The molecule has 0 aromatic heterocycles. The largest absolute Gasteiger partial charge is 0.381 e. The van der Waals surface area contributed by atoms with Crippen molar-refractivity contribution in [1.82, 2.24) is 15.1 Å². The Kier molecular flexibility index (Phi) is 7.18. The Labute approximate surface area is 242 Å². The van der Waals surface area contributed by atoms with Gasteiger partial charge in [0.15, 0.2) is 13.5 Å². The molecule has 3 aliphatic heterocycles. The number of ether oxygens (including phenoxy) is 1. The molecule has 228 valence electrons. The first kappa shape index (κ1) is 30.9. The van der Waals surface area contributed by atoms with E-state index in [9.17, 15) is 55.2 Å². The minimum atomic E-state index is -4.02. The van der Waals surface area contributed by atoms with Crippen molar-refractivity contribution < 1.29 is 64.4 Å². The summed E-state index contributed by atoms with van der Waals surface area (Å²) in [6, 6.07) is 7.91. The molecule has 0 bridgehead atoms. The van der Waals surface area contributed by atoms with Crippen LogP contribution in [-0.4, -0.2) is 105 Å². The summed E-state index contributed by atoms with van der Waals surface area (Å²) < 4.78 is 19.1. The van der Waals surface area contributed by atoms with E-state index < -0.39 is 59.3 Å². The Morgan fingerprint density at radius 2 is 1.70 bits per heavy atom. The highest BCUT2D eigenvalue weighted by atomic mass is 19.1. The number of carbonyl (C=O) groups excluding carboxylic acids is 3. The molecular weight excluding hydrogens is 578 g/mol. The van der Waals surface area contributed by atoms with Gasteiger partial charge in [-0.05, 0) is 23.8 Å². The summed E-state index contributed by atoms with van der Waals surface area (Å²) in [5.41, 5.74) is -5.05. The van der Waals surface area contributed by atoms with Gasteiger partial charge in [0.25, 0.3) is 17.7 Å². The highest BCUT2D eigenvalue weighted by molar-refractivity contribution is 6.14. The van der Waals surface area contributed by atoms with E-state index in [0.717, 1.165) is 11.0 Å². The molecule has 18 heteroatoms. The minimum Gasteiger partial charge on any atom is -0.381 e. The fourth-order valence-corrected chi connectivity index (χ4v) is 5.11. The van der Waals surface area contributed by atoms with Gasteiger partial charge in [0, 0.05) is 48.3 Å². The summed E-state index contributed by atoms with van der Waals surface area (Å²) in [6.07, 6.45) is -0.455. The number of halogens is 1. The number of piperidine rings is 1. The second kappa shape index (κ2) is 9.99. The van der Waals surface area contributed by atoms with Crippen LogP contribution in [-0.2, 0) is 34.0 Å². The van der Waals surface area contributed by atoms with Crippen LogP contribution in [0.25, 0.3) is 0 Å². The van der Waals surface area contributed by atoms with Crippen LogP contribution < -0.4 is 10.6 Å². The maximum Gasteiger partial charge on any atom is 0.353 e. The molecule has 2 radical (unpaired) electrons. The summed E-state index contributed by atoms with van der Waals surface area (Å²) >= 11 is 0. The van der Waals surface area contributed by atoms with Crippen LogP contribution in [0.4, 0.5) is 10.1 Å². The molecule has 0 aliphatic carbocycles. The quantitative estimate of drug-likeness (QED) is 0.0860. The Balaban J connectivity index is 1.33. The Morgan fingerprint density at radius 3 is 2.35 bits per heavy atom. The van der Waals surface area contributed by atoms with Gasteiger partial charge >= 0.3 is 11.9 Å². The molecule has 2 aromatic rings. The molecule has 0 spiro atoms. The third-order valence-corrected chi connectivity index (χ3v) is 7.63. The van der Waals surface area contributed by atoms with Crippen molar-refractivity contribution in [3.8, 4) is 0 Å². The fraction of sp³-hybridized carbons (Fsp3) is 0.400. The Hall–Kier alpha value is -3.56. The number of morpholine rings is 1. The highest BCUT2D eigenvalue weighted by Crippen LogP contribution is 2.42. The first-order valence-electron chi connectivity index (χ1n) is 12.7. The lowest BCUT2D eigenvalue weighted by atomic mass is 9.87. The molecule has 2 saturated heterocycles. The Morgan fingerprint density at radius 1 is 1.00 bits per heavy atom. The smallest absolute Gasteiger partial charge is 0.353 e. The molecule has 3 amide bonds. The van der Waals surface area contributed by atoms with Gasteiger partial charge in [-0.15, -0.1) is 0 Å². The molecule has 3 heterocycles. The van der Waals surface area contributed by atoms with E-state index in [-0.39, 0.29) is 47.5 Å². The number of benzene rings is 2. The van der Waals surface area contributed by atoms with Crippen LogP contribution in [0.2, 0.25) is 0 Å². The number of anilines is 1. The van der Waals surface area contributed by atoms with Gasteiger partial charge in [0.1, 0.15) is 5.82 Å². The summed E-state index contributed by atoms with van der Waals surface area (Å²) in [5.74, 6) is -14.9. The number of nitrogens with one attached hydrogen (secondary N) is 2. The number of rotatable bonds is 6. The second-order valence-electron chi connectivity index (χ2n) is 10.5. The highest BCUT2D eigenvalue weighted by Gasteiger charge is 2.71. The molecule has 2 fully saturated rings. The number of fused-ring (bicyclic) bond motifs is 1. The van der Waals surface area contributed by atoms with Gasteiger partial charge < -0.3 is 46.2 Å². The van der Waals surface area contributed by atoms with Crippen molar-refractivity contribution in [3.63, 3.8) is 0 Å². The second-order valence-corrected chi connectivity index (χ2v) is 10.5. The van der Waals surface area contributed by atoms with Crippen LogP contribution in [0.3, 0.4) is 0 Å². The number of imide groups is 1. The average Bonchev–Trinajstić information content (AvgIpc) is 3.25. The first-order valence-corrected chi connectivity index (χ1v) is 12.7. The lowest BCUT2D eigenvalue weighted by Crippen LogP contribution is -2.84. The number of carbonyl (C=O) groups is 3. The zero-order chi connectivity index (χ0) is 31.8. The van der Waals surface area contributed by atoms with Crippen LogP contribution in [0.15, 0.2) is 36.4 Å². The van der Waals surface area contributed by atoms with Crippen LogP contribution in [0.1, 0.15) is 39.9 Å². The van der Waals surface area contributed by atoms with Gasteiger partial charge in [-0.2, -0.15) is 4.90 Å². The van der Waals surface area contributed by atoms with Gasteiger partial charge in [-0.1, -0.05) is 18.2 Å². The van der Waals surface area contributed by atoms with Gasteiger partial charge in [-0.3, -0.25) is 29.3 Å². The minimum absolute atomic E-state index is 0.0424. The monoisotopic (exact) mass is 604 g/mol. The topological polar surface area (TPSA) is 253 Å². The normalized spacial score (nSPS) is 28.0. The van der Waals surface area contributed by atoms with E-state index in [0.29, 0.717) is 11.3 Å². The summed E-state index contributed by atoms with van der Waals surface area (Å²) in [4.78, 5) is 37.7. The van der Waals surface area contributed by atoms with Crippen molar-refractivity contribution in [1.29, 1.82) is 0 Å². The standard InChI is InChI=1S/C25H26BFN4O12/c26-22(36)23(37,38)31(24(39,40)25(41,42)43-22)10-12-4-5-13(16(27)8-12)9-28-17-3-1-2-14-15(17)11-30(19(14)33)21(35)7-6-18(32)29-20(21)34/h1-5,8,28,35-42H,6-7,9-11H2,(H,29,32,34). The van der Waals surface area contributed by atoms with E-state index in [2.05, 4.69) is 10.1 Å². The summed E-state index contributed by atoms with van der Waals surface area (Å²) in [7, 11) is 5.16. The molecule has 2 unspecified atom stereocenters. The van der Waals surface area contributed by atoms with Gasteiger partial charge in [-0.25, -0.2) is 4.39 Å². The fourth-order valence-electron chi connectivity index (χ4n) is 5.11. The van der Waals surface area contributed by atoms with Crippen molar-refractivity contribution in [2.45, 2.75) is 61.7 Å². The van der Waals surface area contributed by atoms with E-state index in [4.69, 9.17) is 7.85 Å². The third-order valence-electron chi connectivity index (χ3n) is 7.63. The zero-order valence-corrected chi connectivity index (χ0v) is 22.1. The zero-order valence-electron chi connectivity index (χ0n) is 22.1. The van der Waals surface area contributed by atoms with Gasteiger partial charge in [0.2, 0.25) is 11.6 Å². The molecule has 5 rings (SSSR count). The third kappa shape index (κ3) is 4.87.